The summed E-state index contributed by atoms with van der Waals surface area (Å²) in [5.74, 6) is 2.14. The van der Waals surface area contributed by atoms with Gasteiger partial charge in [0.15, 0.2) is 0 Å². The van der Waals surface area contributed by atoms with Gasteiger partial charge in [0.05, 0.1) is 20.3 Å². The summed E-state index contributed by atoms with van der Waals surface area (Å²) in [5, 5.41) is 4.38. The number of carbonyl (C=O) groups excluding carboxylic acids is 1. The second-order valence-corrected chi connectivity index (χ2v) is 6.20. The molecule has 2 heterocycles. The lowest BCUT2D eigenvalue weighted by molar-refractivity contribution is -0.134. The summed E-state index contributed by atoms with van der Waals surface area (Å²) in [6.07, 6.45) is 2.94. The Morgan fingerprint density at radius 1 is 1.32 bits per heavy atom. The maximum atomic E-state index is 12.1. The van der Waals surface area contributed by atoms with Crippen molar-refractivity contribution in [1.82, 2.24) is 19.7 Å². The van der Waals surface area contributed by atoms with Crippen LogP contribution in [0, 0.1) is 0 Å². The highest BCUT2D eigenvalue weighted by Crippen LogP contribution is 2.26. The average Bonchev–Trinajstić information content (AvgIpc) is 3.09. The molecule has 1 atom stereocenters. The van der Waals surface area contributed by atoms with Crippen LogP contribution in [0.3, 0.4) is 0 Å². The van der Waals surface area contributed by atoms with Crippen LogP contribution >= 0.6 is 0 Å². The van der Waals surface area contributed by atoms with Crippen molar-refractivity contribution in [2.45, 2.75) is 25.3 Å². The van der Waals surface area contributed by atoms with Crippen molar-refractivity contribution >= 4 is 5.91 Å². The Kier molecular flexibility index (Phi) is 5.65. The predicted molar refractivity (Wildman–Crippen MR) is 92.5 cm³/mol. The minimum Gasteiger partial charge on any atom is -0.497 e. The van der Waals surface area contributed by atoms with Crippen LogP contribution in [0.5, 0.6) is 5.75 Å². The quantitative estimate of drug-likeness (QED) is 0.764. The van der Waals surface area contributed by atoms with Crippen molar-refractivity contribution in [3.63, 3.8) is 0 Å². The number of piperidine rings is 1. The van der Waals surface area contributed by atoms with E-state index in [4.69, 9.17) is 9.47 Å². The Labute approximate surface area is 147 Å². The van der Waals surface area contributed by atoms with Crippen molar-refractivity contribution in [3.8, 4) is 5.75 Å². The number of carbonyl (C=O) groups is 1. The van der Waals surface area contributed by atoms with Crippen LogP contribution < -0.4 is 4.74 Å². The largest absolute Gasteiger partial charge is 0.497 e. The Balaban J connectivity index is 1.73. The van der Waals surface area contributed by atoms with E-state index in [-0.39, 0.29) is 11.8 Å². The molecule has 1 aliphatic heterocycles. The summed E-state index contributed by atoms with van der Waals surface area (Å²) < 4.78 is 12.3. The molecular formula is C18H24N4O3. The van der Waals surface area contributed by atoms with Crippen LogP contribution in [0.25, 0.3) is 0 Å². The minimum atomic E-state index is 0.187. The molecule has 0 unspecified atom stereocenters. The zero-order valence-corrected chi connectivity index (χ0v) is 14.7. The molecular weight excluding hydrogens is 320 g/mol. The maximum Gasteiger partial charge on any atom is 0.222 e. The van der Waals surface area contributed by atoms with Gasteiger partial charge in [-0.3, -0.25) is 4.79 Å². The molecule has 0 aliphatic carbocycles. The van der Waals surface area contributed by atoms with Gasteiger partial charge >= 0.3 is 0 Å². The molecule has 2 aromatic rings. The molecule has 1 aromatic carbocycles. The number of benzene rings is 1. The molecule has 3 rings (SSSR count). The highest BCUT2D eigenvalue weighted by molar-refractivity contribution is 5.77. The Hall–Kier alpha value is -2.41. The van der Waals surface area contributed by atoms with Gasteiger partial charge < -0.3 is 14.4 Å². The first-order valence-corrected chi connectivity index (χ1v) is 8.48. The monoisotopic (exact) mass is 344 g/mol. The zero-order chi connectivity index (χ0) is 17.6. The van der Waals surface area contributed by atoms with Gasteiger partial charge in [-0.1, -0.05) is 12.1 Å². The first-order chi connectivity index (χ1) is 12.2. The third kappa shape index (κ3) is 4.17. The number of aromatic nitrogens is 3. The molecule has 7 nitrogen and oxygen atoms in total. The number of rotatable bonds is 7. The summed E-state index contributed by atoms with van der Waals surface area (Å²) in [7, 11) is 3.31. The van der Waals surface area contributed by atoms with E-state index in [1.807, 2.05) is 33.8 Å². The fourth-order valence-electron chi connectivity index (χ4n) is 3.20. The fourth-order valence-corrected chi connectivity index (χ4v) is 3.20. The van der Waals surface area contributed by atoms with Gasteiger partial charge in [-0.15, -0.1) is 0 Å². The summed E-state index contributed by atoms with van der Waals surface area (Å²) in [6, 6.07) is 7.94. The van der Waals surface area contributed by atoms with Crippen molar-refractivity contribution in [1.29, 1.82) is 0 Å². The summed E-state index contributed by atoms with van der Waals surface area (Å²) in [6.45, 7) is 2.47. The second kappa shape index (κ2) is 8.11. The van der Waals surface area contributed by atoms with Crippen LogP contribution in [-0.2, 0) is 16.1 Å². The van der Waals surface area contributed by atoms with E-state index in [1.54, 1.807) is 20.5 Å². The van der Waals surface area contributed by atoms with E-state index in [2.05, 4.69) is 10.1 Å². The van der Waals surface area contributed by atoms with Gasteiger partial charge in [-0.2, -0.15) is 5.10 Å². The SMILES string of the molecule is COCCN1C[C@H](c2ncnn2Cc2cccc(OC)c2)CCC1=O. The lowest BCUT2D eigenvalue weighted by atomic mass is 9.96. The Morgan fingerprint density at radius 2 is 2.20 bits per heavy atom. The number of amides is 1. The van der Waals surface area contributed by atoms with Crippen molar-refractivity contribution in [2.75, 3.05) is 33.9 Å². The van der Waals surface area contributed by atoms with E-state index in [0.29, 0.717) is 32.7 Å². The molecule has 0 radical (unpaired) electrons. The number of hydrogen-bond acceptors (Lipinski definition) is 5. The molecule has 7 heteroatoms. The van der Waals surface area contributed by atoms with Gasteiger partial charge in [-0.05, 0) is 24.1 Å². The summed E-state index contributed by atoms with van der Waals surface area (Å²) in [5.41, 5.74) is 1.11. The second-order valence-electron chi connectivity index (χ2n) is 6.20. The van der Waals surface area contributed by atoms with Crippen molar-refractivity contribution in [3.05, 3.63) is 42.0 Å². The highest BCUT2D eigenvalue weighted by atomic mass is 16.5. The first-order valence-electron chi connectivity index (χ1n) is 8.48. The molecule has 0 spiro atoms. The number of nitrogens with zero attached hydrogens (tertiary/aromatic N) is 4. The van der Waals surface area contributed by atoms with E-state index < -0.39 is 0 Å². The van der Waals surface area contributed by atoms with E-state index in [0.717, 1.165) is 23.6 Å². The molecule has 1 aromatic heterocycles. The predicted octanol–water partition coefficient (Wildman–Crippen LogP) is 1.69. The zero-order valence-electron chi connectivity index (χ0n) is 14.7. The molecule has 25 heavy (non-hydrogen) atoms. The van der Waals surface area contributed by atoms with Gasteiger partial charge in [0, 0.05) is 32.5 Å². The van der Waals surface area contributed by atoms with Crippen molar-refractivity contribution in [2.24, 2.45) is 0 Å². The van der Waals surface area contributed by atoms with Crippen molar-refractivity contribution < 1.29 is 14.3 Å². The van der Waals surface area contributed by atoms with E-state index >= 15 is 0 Å². The normalized spacial score (nSPS) is 17.8. The van der Waals surface area contributed by atoms with E-state index in [1.165, 1.54) is 0 Å². The third-order valence-electron chi connectivity index (χ3n) is 4.54. The first kappa shape index (κ1) is 17.4. The summed E-state index contributed by atoms with van der Waals surface area (Å²) >= 11 is 0. The molecule has 0 saturated carbocycles. The topological polar surface area (TPSA) is 69.5 Å². The molecule has 1 saturated heterocycles. The van der Waals surface area contributed by atoms with E-state index in [9.17, 15) is 4.79 Å². The maximum absolute atomic E-state index is 12.1. The molecule has 0 bridgehead atoms. The van der Waals surface area contributed by atoms with Crippen LogP contribution in [0.2, 0.25) is 0 Å². The van der Waals surface area contributed by atoms with Gasteiger partial charge in [0.25, 0.3) is 0 Å². The lowest BCUT2D eigenvalue weighted by Gasteiger charge is -2.32. The van der Waals surface area contributed by atoms with Crippen LogP contribution in [0.15, 0.2) is 30.6 Å². The molecule has 134 valence electrons. The fraction of sp³-hybridized carbons (Fsp3) is 0.500. The van der Waals surface area contributed by atoms with Crippen LogP contribution in [0.4, 0.5) is 0 Å². The number of hydrogen-bond donors (Lipinski definition) is 0. The standard InChI is InChI=1S/C18H24N4O3/c1-24-9-8-21-12-15(6-7-17(21)23)18-19-13-20-22(18)11-14-4-3-5-16(10-14)25-2/h3-5,10,13,15H,6-9,11-12H2,1-2H3/t15-/m1/s1. The minimum absolute atomic E-state index is 0.187. The number of likely N-dealkylation sites (tertiary alicyclic amines) is 1. The van der Waals surface area contributed by atoms with Crippen LogP contribution in [0.1, 0.15) is 30.1 Å². The smallest absolute Gasteiger partial charge is 0.222 e. The molecule has 1 aliphatic rings. The average molecular weight is 344 g/mol. The van der Waals surface area contributed by atoms with Gasteiger partial charge in [0.2, 0.25) is 5.91 Å². The van der Waals surface area contributed by atoms with Gasteiger partial charge in [0.1, 0.15) is 17.9 Å². The Bertz CT molecular complexity index is 716. The Morgan fingerprint density at radius 3 is 3.00 bits per heavy atom. The van der Waals surface area contributed by atoms with Crippen LogP contribution in [-0.4, -0.2) is 59.5 Å². The van der Waals surface area contributed by atoms with Gasteiger partial charge in [-0.25, -0.2) is 9.67 Å². The molecule has 0 N–H and O–H groups in total. The number of ether oxygens (including phenoxy) is 2. The number of methoxy groups -OCH3 is 2. The third-order valence-corrected chi connectivity index (χ3v) is 4.54. The summed E-state index contributed by atoms with van der Waals surface area (Å²) in [4.78, 5) is 18.4. The molecule has 1 fully saturated rings. The highest BCUT2D eigenvalue weighted by Gasteiger charge is 2.29. The lowest BCUT2D eigenvalue weighted by Crippen LogP contribution is -2.41. The molecule has 1 amide bonds.